The van der Waals surface area contributed by atoms with Crippen molar-refractivity contribution in [2.75, 3.05) is 26.7 Å². The van der Waals surface area contributed by atoms with Gasteiger partial charge < -0.3 is 9.64 Å². The Kier molecular flexibility index (Phi) is 5.15. The van der Waals surface area contributed by atoms with Gasteiger partial charge in [0.1, 0.15) is 5.60 Å². The van der Waals surface area contributed by atoms with Crippen molar-refractivity contribution in [1.29, 1.82) is 0 Å². The van der Waals surface area contributed by atoms with Crippen molar-refractivity contribution in [3.63, 3.8) is 0 Å². The number of likely N-dealkylation sites (tertiary alicyclic amines) is 1. The van der Waals surface area contributed by atoms with Crippen LogP contribution >= 0.6 is 0 Å². The highest BCUT2D eigenvalue weighted by Gasteiger charge is 2.29. The van der Waals surface area contributed by atoms with Crippen LogP contribution in [-0.4, -0.2) is 58.0 Å². The molecule has 4 rings (SSSR count). The fraction of sp³-hybridized carbons (Fsp3) is 0.565. The van der Waals surface area contributed by atoms with Crippen molar-refractivity contribution < 1.29 is 9.53 Å². The summed E-state index contributed by atoms with van der Waals surface area (Å²) in [5, 5.41) is 5.91. The van der Waals surface area contributed by atoms with Gasteiger partial charge in [0.05, 0.1) is 17.3 Å². The van der Waals surface area contributed by atoms with E-state index in [-0.39, 0.29) is 6.09 Å². The number of rotatable bonds is 2. The lowest BCUT2D eigenvalue weighted by molar-refractivity contribution is 0.0327. The van der Waals surface area contributed by atoms with Gasteiger partial charge in [-0.25, -0.2) is 4.79 Å². The Bertz CT molecular complexity index is 940. The highest BCUT2D eigenvalue weighted by molar-refractivity contribution is 5.87. The van der Waals surface area contributed by atoms with E-state index in [2.05, 4.69) is 54.0 Å². The van der Waals surface area contributed by atoms with E-state index in [0.29, 0.717) is 18.5 Å². The summed E-state index contributed by atoms with van der Waals surface area (Å²) in [5.74, 6) is 0.414. The van der Waals surface area contributed by atoms with Crippen molar-refractivity contribution >= 4 is 22.7 Å². The van der Waals surface area contributed by atoms with Gasteiger partial charge in [-0.05, 0) is 70.8 Å². The highest BCUT2D eigenvalue weighted by atomic mass is 16.6. The Morgan fingerprint density at radius 1 is 1.24 bits per heavy atom. The molecular weight excluding hydrogens is 364 g/mol. The molecule has 1 aromatic heterocycles. The zero-order chi connectivity index (χ0) is 20.8. The summed E-state index contributed by atoms with van der Waals surface area (Å²) in [7, 11) is 2.16. The smallest absolute Gasteiger partial charge is 0.414 e. The van der Waals surface area contributed by atoms with Crippen LogP contribution in [0.5, 0.6) is 0 Å². The van der Waals surface area contributed by atoms with Crippen LogP contribution in [0, 0.1) is 5.92 Å². The molecule has 6 nitrogen and oxygen atoms in total. The first-order chi connectivity index (χ1) is 13.7. The molecule has 2 aromatic rings. The summed E-state index contributed by atoms with van der Waals surface area (Å²) in [5.41, 5.74) is 2.46. The molecule has 1 saturated heterocycles. The lowest BCUT2D eigenvalue weighted by atomic mass is 9.98. The van der Waals surface area contributed by atoms with E-state index in [4.69, 9.17) is 9.84 Å². The van der Waals surface area contributed by atoms with Crippen LogP contribution in [0.3, 0.4) is 0 Å². The zero-order valence-corrected chi connectivity index (χ0v) is 18.2. The third-order valence-corrected chi connectivity index (χ3v) is 5.67. The van der Waals surface area contributed by atoms with E-state index in [1.54, 1.807) is 4.90 Å². The summed E-state index contributed by atoms with van der Waals surface area (Å²) in [4.78, 5) is 17.0. The third kappa shape index (κ3) is 4.32. The minimum Gasteiger partial charge on any atom is -0.443 e. The molecule has 2 aliphatic rings. The fourth-order valence-corrected chi connectivity index (χ4v) is 4.19. The second kappa shape index (κ2) is 7.48. The molecule has 0 aliphatic carbocycles. The fourth-order valence-electron chi connectivity index (χ4n) is 4.19. The van der Waals surface area contributed by atoms with E-state index in [9.17, 15) is 4.79 Å². The zero-order valence-electron chi connectivity index (χ0n) is 18.2. The summed E-state index contributed by atoms with van der Waals surface area (Å²) >= 11 is 0. The van der Waals surface area contributed by atoms with E-state index < -0.39 is 5.60 Å². The molecule has 1 fully saturated rings. The van der Waals surface area contributed by atoms with Crippen LogP contribution in [0.15, 0.2) is 30.5 Å². The van der Waals surface area contributed by atoms with Gasteiger partial charge in [-0.1, -0.05) is 19.1 Å². The van der Waals surface area contributed by atoms with Crippen molar-refractivity contribution in [2.24, 2.45) is 5.92 Å². The Hall–Kier alpha value is -2.34. The van der Waals surface area contributed by atoms with Gasteiger partial charge in [-0.3, -0.25) is 9.58 Å². The predicted molar refractivity (Wildman–Crippen MR) is 116 cm³/mol. The molecular formula is C23H32N4O2. The number of fused-ring (bicyclic) bond motifs is 1. The SMILES string of the molecule is C[C@H]1CC=C(c2ccc3nn([C@H]4CCN(C)C4)cc3c2)N(C(=O)OC(C)(C)C)C1. The summed E-state index contributed by atoms with van der Waals surface area (Å²) in [6.45, 7) is 10.7. The second-order valence-corrected chi connectivity index (χ2v) is 9.61. The Labute approximate surface area is 173 Å². The van der Waals surface area contributed by atoms with Gasteiger partial charge in [0, 0.05) is 24.7 Å². The number of aromatic nitrogens is 2. The highest BCUT2D eigenvalue weighted by Crippen LogP contribution is 2.31. The monoisotopic (exact) mass is 396 g/mol. The van der Waals surface area contributed by atoms with Crippen LogP contribution in [0.25, 0.3) is 16.6 Å². The topological polar surface area (TPSA) is 50.6 Å². The average molecular weight is 397 g/mol. The molecule has 2 atom stereocenters. The first-order valence-electron chi connectivity index (χ1n) is 10.6. The number of likely N-dealkylation sites (N-methyl/N-ethyl adjacent to an activating group) is 1. The number of benzene rings is 1. The molecule has 3 heterocycles. The number of amides is 1. The molecule has 0 N–H and O–H groups in total. The average Bonchev–Trinajstić information content (AvgIpc) is 3.25. The molecule has 0 saturated carbocycles. The largest absolute Gasteiger partial charge is 0.443 e. The molecule has 0 radical (unpaired) electrons. The van der Waals surface area contributed by atoms with Crippen molar-refractivity contribution in [3.05, 3.63) is 36.0 Å². The molecule has 29 heavy (non-hydrogen) atoms. The van der Waals surface area contributed by atoms with Crippen LogP contribution < -0.4 is 0 Å². The Morgan fingerprint density at radius 2 is 2.03 bits per heavy atom. The number of carbonyl (C=O) groups is 1. The minimum atomic E-state index is -0.511. The first-order valence-corrected chi connectivity index (χ1v) is 10.6. The van der Waals surface area contributed by atoms with Gasteiger partial charge in [-0.2, -0.15) is 5.10 Å². The quantitative estimate of drug-likeness (QED) is 0.748. The number of ether oxygens (including phenoxy) is 1. The van der Waals surface area contributed by atoms with Crippen molar-refractivity contribution in [1.82, 2.24) is 19.6 Å². The van der Waals surface area contributed by atoms with E-state index in [1.807, 2.05) is 20.8 Å². The second-order valence-electron chi connectivity index (χ2n) is 9.61. The number of nitrogens with zero attached hydrogens (tertiary/aromatic N) is 4. The van der Waals surface area contributed by atoms with Gasteiger partial charge >= 0.3 is 6.09 Å². The van der Waals surface area contributed by atoms with E-state index in [0.717, 1.165) is 48.1 Å². The van der Waals surface area contributed by atoms with Gasteiger partial charge in [0.25, 0.3) is 0 Å². The molecule has 2 aliphatic heterocycles. The van der Waals surface area contributed by atoms with E-state index in [1.165, 1.54) is 0 Å². The lowest BCUT2D eigenvalue weighted by Gasteiger charge is -2.33. The number of hydrogen-bond acceptors (Lipinski definition) is 4. The minimum absolute atomic E-state index is 0.278. The lowest BCUT2D eigenvalue weighted by Crippen LogP contribution is -2.39. The standard InChI is InChI=1S/C23H32N4O2/c1-16-6-9-21(26(13-16)22(28)29-23(2,3)4)17-7-8-20-18(12-17)14-27(24-20)19-10-11-25(5)15-19/h7-9,12,14,16,19H,6,10-11,13,15H2,1-5H3/t16-,19-/m0/s1. The van der Waals surface area contributed by atoms with Gasteiger partial charge in [0.15, 0.2) is 0 Å². The maximum Gasteiger partial charge on any atom is 0.414 e. The molecule has 0 unspecified atom stereocenters. The van der Waals surface area contributed by atoms with Crippen LogP contribution in [0.2, 0.25) is 0 Å². The number of allylic oxidation sites excluding steroid dienone is 1. The molecule has 1 aromatic carbocycles. The molecule has 0 spiro atoms. The normalized spacial score (nSPS) is 23.5. The number of carbonyl (C=O) groups excluding carboxylic acids is 1. The van der Waals surface area contributed by atoms with Crippen molar-refractivity contribution in [3.8, 4) is 0 Å². The van der Waals surface area contributed by atoms with E-state index >= 15 is 0 Å². The Balaban J connectivity index is 1.63. The number of hydrogen-bond donors (Lipinski definition) is 0. The predicted octanol–water partition coefficient (Wildman–Crippen LogP) is 4.53. The Morgan fingerprint density at radius 3 is 2.72 bits per heavy atom. The summed E-state index contributed by atoms with van der Waals surface area (Å²) in [6, 6.07) is 6.71. The van der Waals surface area contributed by atoms with Gasteiger partial charge in [-0.15, -0.1) is 0 Å². The molecule has 156 valence electrons. The molecule has 6 heteroatoms. The summed E-state index contributed by atoms with van der Waals surface area (Å²) < 4.78 is 7.78. The van der Waals surface area contributed by atoms with Crippen LogP contribution in [0.1, 0.15) is 52.1 Å². The van der Waals surface area contributed by atoms with Gasteiger partial charge in [0.2, 0.25) is 0 Å². The maximum atomic E-state index is 12.9. The van der Waals surface area contributed by atoms with Crippen LogP contribution in [-0.2, 0) is 4.74 Å². The van der Waals surface area contributed by atoms with Crippen LogP contribution in [0.4, 0.5) is 4.79 Å². The summed E-state index contributed by atoms with van der Waals surface area (Å²) in [6.07, 6.45) is 6.12. The third-order valence-electron chi connectivity index (χ3n) is 5.67. The maximum absolute atomic E-state index is 12.9. The molecule has 0 bridgehead atoms. The molecule has 1 amide bonds. The van der Waals surface area contributed by atoms with Crippen molar-refractivity contribution in [2.45, 2.75) is 52.2 Å². The first kappa shape index (κ1) is 20.0.